The van der Waals surface area contributed by atoms with E-state index >= 15 is 0 Å². The van der Waals surface area contributed by atoms with Gasteiger partial charge in [0.2, 0.25) is 0 Å². The SMILES string of the molecule is CCNC(O)N1CC2(CCN(CC3CC3)CC2)c2cc(F)ccc21. The summed E-state index contributed by atoms with van der Waals surface area (Å²) < 4.78 is 13.9. The van der Waals surface area contributed by atoms with Gasteiger partial charge in [0.25, 0.3) is 0 Å². The lowest BCUT2D eigenvalue weighted by atomic mass is 9.74. The molecule has 1 saturated heterocycles. The molecule has 24 heavy (non-hydrogen) atoms. The Morgan fingerprint density at radius 3 is 2.75 bits per heavy atom. The van der Waals surface area contributed by atoms with Crippen LogP contribution in [-0.2, 0) is 5.41 Å². The number of anilines is 1. The van der Waals surface area contributed by atoms with Crippen LogP contribution in [0.25, 0.3) is 0 Å². The third-order valence-electron chi connectivity index (χ3n) is 6.02. The van der Waals surface area contributed by atoms with Crippen molar-refractivity contribution < 1.29 is 9.50 Å². The zero-order chi connectivity index (χ0) is 16.7. The number of benzene rings is 1. The van der Waals surface area contributed by atoms with E-state index in [9.17, 15) is 9.50 Å². The Morgan fingerprint density at radius 2 is 2.08 bits per heavy atom. The molecular formula is C19H28FN3O. The molecule has 0 aromatic heterocycles. The Kier molecular flexibility index (Phi) is 4.27. The summed E-state index contributed by atoms with van der Waals surface area (Å²) in [6.07, 6.45) is 4.16. The summed E-state index contributed by atoms with van der Waals surface area (Å²) in [5.41, 5.74) is 2.06. The van der Waals surface area contributed by atoms with Crippen LogP contribution in [0.5, 0.6) is 0 Å². The van der Waals surface area contributed by atoms with Gasteiger partial charge in [-0.3, -0.25) is 5.32 Å². The summed E-state index contributed by atoms with van der Waals surface area (Å²) in [4.78, 5) is 4.58. The minimum Gasteiger partial charge on any atom is -0.361 e. The van der Waals surface area contributed by atoms with Crippen molar-refractivity contribution in [2.24, 2.45) is 5.92 Å². The van der Waals surface area contributed by atoms with Gasteiger partial charge in [0, 0.05) is 24.2 Å². The van der Waals surface area contributed by atoms with E-state index in [4.69, 9.17) is 0 Å². The van der Waals surface area contributed by atoms with Gasteiger partial charge in [-0.05, 0) is 75.0 Å². The van der Waals surface area contributed by atoms with Crippen molar-refractivity contribution in [1.82, 2.24) is 10.2 Å². The quantitative estimate of drug-likeness (QED) is 0.811. The molecule has 5 heteroatoms. The lowest BCUT2D eigenvalue weighted by molar-refractivity contribution is 0.119. The molecule has 1 spiro atoms. The van der Waals surface area contributed by atoms with E-state index in [-0.39, 0.29) is 11.2 Å². The number of rotatable bonds is 5. The molecule has 1 aromatic carbocycles. The molecule has 1 saturated carbocycles. The summed E-state index contributed by atoms with van der Waals surface area (Å²) in [5.74, 6) is 0.743. The van der Waals surface area contributed by atoms with Gasteiger partial charge in [-0.25, -0.2) is 4.39 Å². The van der Waals surface area contributed by atoms with E-state index in [2.05, 4.69) is 10.2 Å². The van der Waals surface area contributed by atoms with Gasteiger partial charge in [0.15, 0.2) is 6.35 Å². The fraction of sp³-hybridized carbons (Fsp3) is 0.684. The lowest BCUT2D eigenvalue weighted by Gasteiger charge is -2.40. The standard InChI is InChI=1S/C19H28FN3O/c1-2-21-18(24)23-13-19(16-11-15(20)5-6-17(16)23)7-9-22(10-8-19)12-14-3-4-14/h5-6,11,14,18,21,24H,2-4,7-10,12-13H2,1H3. The van der Waals surface area contributed by atoms with Gasteiger partial charge in [-0.2, -0.15) is 0 Å². The summed E-state index contributed by atoms with van der Waals surface area (Å²) in [5, 5.41) is 13.6. The van der Waals surface area contributed by atoms with Crippen LogP contribution in [0.3, 0.4) is 0 Å². The molecule has 4 rings (SSSR count). The van der Waals surface area contributed by atoms with Crippen LogP contribution in [0, 0.1) is 11.7 Å². The maximum Gasteiger partial charge on any atom is 0.184 e. The molecule has 2 N–H and O–H groups in total. The molecule has 4 nitrogen and oxygen atoms in total. The van der Waals surface area contributed by atoms with Crippen LogP contribution in [0.2, 0.25) is 0 Å². The lowest BCUT2D eigenvalue weighted by Crippen LogP contribution is -2.50. The first kappa shape index (κ1) is 16.3. The number of hydrogen-bond donors (Lipinski definition) is 2. The van der Waals surface area contributed by atoms with Crippen LogP contribution in [0.15, 0.2) is 18.2 Å². The third kappa shape index (κ3) is 2.93. The number of piperidine rings is 1. The molecule has 0 radical (unpaired) electrons. The highest BCUT2D eigenvalue weighted by atomic mass is 19.1. The number of hydrogen-bond acceptors (Lipinski definition) is 4. The highest BCUT2D eigenvalue weighted by molar-refractivity contribution is 5.63. The Bertz CT molecular complexity index is 596. The largest absolute Gasteiger partial charge is 0.361 e. The van der Waals surface area contributed by atoms with Gasteiger partial charge in [-0.15, -0.1) is 0 Å². The molecule has 3 aliphatic rings. The summed E-state index contributed by atoms with van der Waals surface area (Å²) in [7, 11) is 0. The molecular weight excluding hydrogens is 305 g/mol. The Hall–Kier alpha value is -1.17. The first-order valence-corrected chi connectivity index (χ1v) is 9.32. The molecule has 0 amide bonds. The molecule has 132 valence electrons. The number of aliphatic hydroxyl groups excluding tert-OH is 1. The summed E-state index contributed by atoms with van der Waals surface area (Å²) in [6, 6.07) is 5.03. The van der Waals surface area contributed by atoms with Gasteiger partial charge in [-0.1, -0.05) is 6.92 Å². The molecule has 1 atom stereocenters. The highest BCUT2D eigenvalue weighted by Crippen LogP contribution is 2.48. The van der Waals surface area contributed by atoms with Gasteiger partial charge in [0.1, 0.15) is 5.82 Å². The first-order valence-electron chi connectivity index (χ1n) is 9.32. The molecule has 1 unspecified atom stereocenters. The Morgan fingerprint density at radius 1 is 1.33 bits per heavy atom. The van der Waals surface area contributed by atoms with Crippen molar-refractivity contribution in [3.8, 4) is 0 Å². The average Bonchev–Trinajstić information content (AvgIpc) is 3.34. The van der Waals surface area contributed by atoms with Crippen molar-refractivity contribution in [3.05, 3.63) is 29.6 Å². The number of nitrogens with zero attached hydrogens (tertiary/aromatic N) is 2. The van der Waals surface area contributed by atoms with Crippen LogP contribution >= 0.6 is 0 Å². The zero-order valence-corrected chi connectivity index (χ0v) is 14.5. The van der Waals surface area contributed by atoms with Crippen molar-refractivity contribution in [2.45, 2.75) is 44.4 Å². The smallest absolute Gasteiger partial charge is 0.184 e. The fourth-order valence-corrected chi connectivity index (χ4v) is 4.45. The third-order valence-corrected chi connectivity index (χ3v) is 6.02. The minimum absolute atomic E-state index is 0.0200. The molecule has 2 aliphatic heterocycles. The molecule has 2 heterocycles. The zero-order valence-electron chi connectivity index (χ0n) is 14.5. The highest BCUT2D eigenvalue weighted by Gasteiger charge is 2.46. The van der Waals surface area contributed by atoms with E-state index in [1.165, 1.54) is 25.5 Å². The van der Waals surface area contributed by atoms with E-state index in [1.54, 1.807) is 6.07 Å². The molecule has 1 aromatic rings. The average molecular weight is 333 g/mol. The van der Waals surface area contributed by atoms with Crippen molar-refractivity contribution in [2.75, 3.05) is 37.6 Å². The van der Waals surface area contributed by atoms with Crippen molar-refractivity contribution in [3.63, 3.8) is 0 Å². The normalized spacial score (nSPS) is 24.4. The van der Waals surface area contributed by atoms with Gasteiger partial charge >= 0.3 is 0 Å². The number of nitrogens with one attached hydrogen (secondary N) is 1. The molecule has 2 fully saturated rings. The monoisotopic (exact) mass is 333 g/mol. The molecule has 0 bridgehead atoms. The van der Waals surface area contributed by atoms with E-state index in [0.29, 0.717) is 6.54 Å². The van der Waals surface area contributed by atoms with Crippen LogP contribution < -0.4 is 10.2 Å². The fourth-order valence-electron chi connectivity index (χ4n) is 4.45. The topological polar surface area (TPSA) is 38.7 Å². The van der Waals surface area contributed by atoms with E-state index in [0.717, 1.165) is 49.6 Å². The number of aliphatic hydroxyl groups is 1. The second-order valence-corrected chi connectivity index (χ2v) is 7.75. The number of fused-ring (bicyclic) bond motifs is 2. The van der Waals surface area contributed by atoms with Crippen molar-refractivity contribution in [1.29, 1.82) is 0 Å². The van der Waals surface area contributed by atoms with Crippen LogP contribution in [0.1, 0.15) is 38.2 Å². The summed E-state index contributed by atoms with van der Waals surface area (Å²) >= 11 is 0. The maximum atomic E-state index is 13.9. The maximum absolute atomic E-state index is 13.9. The molecule has 1 aliphatic carbocycles. The van der Waals surface area contributed by atoms with Crippen molar-refractivity contribution >= 4 is 5.69 Å². The van der Waals surface area contributed by atoms with Crippen LogP contribution in [0.4, 0.5) is 10.1 Å². The second-order valence-electron chi connectivity index (χ2n) is 7.75. The predicted molar refractivity (Wildman–Crippen MR) is 93.5 cm³/mol. The van der Waals surface area contributed by atoms with Gasteiger partial charge < -0.3 is 14.9 Å². The van der Waals surface area contributed by atoms with Crippen LogP contribution in [-0.4, -0.2) is 49.1 Å². The second kappa shape index (κ2) is 6.28. The first-order chi connectivity index (χ1) is 11.6. The van der Waals surface area contributed by atoms with E-state index in [1.807, 2.05) is 17.9 Å². The summed E-state index contributed by atoms with van der Waals surface area (Å²) in [6.45, 7) is 6.86. The number of halogens is 1. The van der Waals surface area contributed by atoms with Gasteiger partial charge in [0.05, 0.1) is 0 Å². The Labute approximate surface area is 143 Å². The van der Waals surface area contributed by atoms with E-state index < -0.39 is 6.35 Å². The Balaban J connectivity index is 1.56. The number of likely N-dealkylation sites (tertiary alicyclic amines) is 1. The minimum atomic E-state index is -0.705. The predicted octanol–water partition coefficient (Wildman–Crippen LogP) is 2.27.